The number of methoxy groups -OCH3 is 1. The minimum absolute atomic E-state index is 0.179. The normalized spacial score (nSPS) is 15.4. The van der Waals surface area contributed by atoms with Crippen LogP contribution in [0.2, 0.25) is 0 Å². The molecule has 0 aliphatic carbocycles. The summed E-state index contributed by atoms with van der Waals surface area (Å²) in [5, 5.41) is 2.94. The molecule has 5 nitrogen and oxygen atoms in total. The Balaban J connectivity index is 2.74. The summed E-state index contributed by atoms with van der Waals surface area (Å²) in [4.78, 5) is 11.4. The number of primary amides is 1. The second kappa shape index (κ2) is 6.43. The molecule has 0 radical (unpaired) electrons. The van der Waals surface area contributed by atoms with Crippen LogP contribution in [0.3, 0.4) is 0 Å². The van der Waals surface area contributed by atoms with E-state index in [1.54, 1.807) is 21.1 Å². The fourth-order valence-corrected chi connectivity index (χ4v) is 1.88. The first-order valence-electron chi connectivity index (χ1n) is 6.21. The monoisotopic (exact) mass is 266 g/mol. The number of amides is 1. The highest BCUT2D eigenvalue weighted by atomic mass is 16.5. The largest absolute Gasteiger partial charge is 0.493 e. The molecule has 5 heteroatoms. The number of carbonyl (C=O) groups is 1. The predicted octanol–water partition coefficient (Wildman–Crippen LogP) is 1.32. The lowest BCUT2D eigenvalue weighted by Gasteiger charge is -2.29. The minimum atomic E-state index is -0.790. The van der Waals surface area contributed by atoms with Crippen molar-refractivity contribution < 1.29 is 14.3 Å². The third kappa shape index (κ3) is 3.86. The summed E-state index contributed by atoms with van der Waals surface area (Å²) in [6.07, 6.45) is 0.290. The van der Waals surface area contributed by atoms with Crippen LogP contribution in [0.5, 0.6) is 11.5 Å². The number of rotatable bonds is 7. The number of benzene rings is 1. The van der Waals surface area contributed by atoms with E-state index < -0.39 is 11.4 Å². The van der Waals surface area contributed by atoms with E-state index in [-0.39, 0.29) is 6.10 Å². The van der Waals surface area contributed by atoms with Crippen LogP contribution in [0.4, 0.5) is 0 Å². The third-order valence-corrected chi connectivity index (χ3v) is 3.19. The van der Waals surface area contributed by atoms with Crippen LogP contribution in [0, 0.1) is 0 Å². The van der Waals surface area contributed by atoms with Crippen molar-refractivity contribution in [3.8, 4) is 11.5 Å². The molecule has 106 valence electrons. The quantitative estimate of drug-likeness (QED) is 0.780. The second-order valence-electron chi connectivity index (χ2n) is 4.73. The Morgan fingerprint density at radius 2 is 2.00 bits per heavy atom. The molecule has 0 spiro atoms. The first-order valence-corrected chi connectivity index (χ1v) is 6.21. The van der Waals surface area contributed by atoms with Gasteiger partial charge in [0.25, 0.3) is 0 Å². The van der Waals surface area contributed by atoms with Crippen LogP contribution in [0.25, 0.3) is 0 Å². The highest BCUT2D eigenvalue weighted by Gasteiger charge is 2.31. The van der Waals surface area contributed by atoms with Crippen molar-refractivity contribution in [3.63, 3.8) is 0 Å². The molecule has 0 bridgehead atoms. The molecule has 0 saturated carbocycles. The average molecular weight is 266 g/mol. The van der Waals surface area contributed by atoms with Crippen molar-refractivity contribution in [1.29, 1.82) is 0 Å². The van der Waals surface area contributed by atoms with Gasteiger partial charge in [-0.2, -0.15) is 0 Å². The lowest BCUT2D eigenvalue weighted by molar-refractivity contribution is -0.124. The zero-order chi connectivity index (χ0) is 14.5. The number of ether oxygens (including phenoxy) is 2. The smallest absolute Gasteiger partial charge is 0.237 e. The molecule has 0 aromatic heterocycles. The maximum absolute atomic E-state index is 11.4. The van der Waals surface area contributed by atoms with Crippen LogP contribution in [-0.2, 0) is 4.79 Å². The van der Waals surface area contributed by atoms with Gasteiger partial charge in [-0.15, -0.1) is 0 Å². The average Bonchev–Trinajstić information content (AvgIpc) is 2.38. The Bertz CT molecular complexity index is 436. The summed E-state index contributed by atoms with van der Waals surface area (Å²) in [6.45, 7) is 3.66. The Hall–Kier alpha value is -1.75. The molecular weight excluding hydrogens is 244 g/mol. The maximum atomic E-state index is 11.4. The molecule has 0 aliphatic heterocycles. The van der Waals surface area contributed by atoms with E-state index >= 15 is 0 Å². The number of hydrogen-bond donors (Lipinski definition) is 2. The molecule has 19 heavy (non-hydrogen) atoms. The van der Waals surface area contributed by atoms with E-state index in [0.717, 1.165) is 0 Å². The van der Waals surface area contributed by atoms with Crippen LogP contribution in [0.1, 0.15) is 20.3 Å². The molecule has 3 N–H and O–H groups in total. The van der Waals surface area contributed by atoms with Gasteiger partial charge in [0.05, 0.1) is 18.8 Å². The molecule has 2 unspecified atom stereocenters. The van der Waals surface area contributed by atoms with E-state index in [1.165, 1.54) is 0 Å². The van der Waals surface area contributed by atoms with Gasteiger partial charge < -0.3 is 20.5 Å². The SMILES string of the molecule is CNC(C)(CC(C)Oc1ccccc1OC)C(N)=O. The van der Waals surface area contributed by atoms with Gasteiger partial charge in [-0.05, 0) is 33.0 Å². The van der Waals surface area contributed by atoms with Crippen LogP contribution < -0.4 is 20.5 Å². The molecule has 0 fully saturated rings. The topological polar surface area (TPSA) is 73.6 Å². The Labute approximate surface area is 114 Å². The molecule has 2 atom stereocenters. The summed E-state index contributed by atoms with van der Waals surface area (Å²) < 4.78 is 11.0. The third-order valence-electron chi connectivity index (χ3n) is 3.19. The number of hydrogen-bond acceptors (Lipinski definition) is 4. The molecule has 1 rings (SSSR count). The number of para-hydroxylation sites is 2. The van der Waals surface area contributed by atoms with Gasteiger partial charge in [-0.3, -0.25) is 4.79 Å². The van der Waals surface area contributed by atoms with Gasteiger partial charge in [0.2, 0.25) is 5.91 Å². The molecule has 1 aromatic rings. The second-order valence-corrected chi connectivity index (χ2v) is 4.73. The minimum Gasteiger partial charge on any atom is -0.493 e. The Morgan fingerprint density at radius 3 is 2.47 bits per heavy atom. The summed E-state index contributed by atoms with van der Waals surface area (Å²) in [5.74, 6) is 0.922. The van der Waals surface area contributed by atoms with Gasteiger partial charge >= 0.3 is 0 Å². The van der Waals surface area contributed by atoms with E-state index in [1.807, 2.05) is 31.2 Å². The molecule has 0 aliphatic rings. The van der Waals surface area contributed by atoms with Gasteiger partial charge in [0, 0.05) is 6.42 Å². The Morgan fingerprint density at radius 1 is 1.42 bits per heavy atom. The number of nitrogens with one attached hydrogen (secondary N) is 1. The first kappa shape index (κ1) is 15.3. The van der Waals surface area contributed by atoms with E-state index in [2.05, 4.69) is 5.32 Å². The van der Waals surface area contributed by atoms with Crippen LogP contribution >= 0.6 is 0 Å². The molecule has 1 amide bonds. The summed E-state index contributed by atoms with van der Waals surface area (Å²) in [6, 6.07) is 7.40. The maximum Gasteiger partial charge on any atom is 0.237 e. The summed E-state index contributed by atoms with van der Waals surface area (Å²) in [7, 11) is 3.30. The standard InChI is InChI=1S/C14H22N2O3/c1-10(9-14(2,16-3)13(15)17)19-12-8-6-5-7-11(12)18-4/h5-8,10,16H,9H2,1-4H3,(H2,15,17). The highest BCUT2D eigenvalue weighted by molar-refractivity contribution is 5.84. The summed E-state index contributed by atoms with van der Waals surface area (Å²) >= 11 is 0. The zero-order valence-electron chi connectivity index (χ0n) is 11.9. The lowest BCUT2D eigenvalue weighted by atomic mass is 9.94. The van der Waals surface area contributed by atoms with Gasteiger partial charge in [0.1, 0.15) is 0 Å². The van der Waals surface area contributed by atoms with E-state index in [4.69, 9.17) is 15.2 Å². The first-order chi connectivity index (χ1) is 8.92. The van der Waals surface area contributed by atoms with Crippen LogP contribution in [-0.4, -0.2) is 31.7 Å². The number of likely N-dealkylation sites (N-methyl/N-ethyl adjacent to an activating group) is 1. The lowest BCUT2D eigenvalue weighted by Crippen LogP contribution is -2.53. The predicted molar refractivity (Wildman–Crippen MR) is 74.4 cm³/mol. The van der Waals surface area contributed by atoms with Crippen molar-refractivity contribution in [2.75, 3.05) is 14.2 Å². The van der Waals surface area contributed by atoms with E-state index in [0.29, 0.717) is 17.9 Å². The molecular formula is C14H22N2O3. The van der Waals surface area contributed by atoms with Crippen molar-refractivity contribution in [2.24, 2.45) is 5.73 Å². The van der Waals surface area contributed by atoms with Crippen molar-refractivity contribution in [3.05, 3.63) is 24.3 Å². The van der Waals surface area contributed by atoms with Crippen molar-refractivity contribution in [1.82, 2.24) is 5.32 Å². The fourth-order valence-electron chi connectivity index (χ4n) is 1.88. The summed E-state index contributed by atoms with van der Waals surface area (Å²) in [5.41, 5.74) is 4.61. The van der Waals surface area contributed by atoms with Gasteiger partial charge in [-0.25, -0.2) is 0 Å². The molecule has 0 saturated heterocycles. The highest BCUT2D eigenvalue weighted by Crippen LogP contribution is 2.28. The molecule has 1 aromatic carbocycles. The zero-order valence-corrected chi connectivity index (χ0v) is 11.9. The van der Waals surface area contributed by atoms with Gasteiger partial charge in [-0.1, -0.05) is 12.1 Å². The Kier molecular flexibility index (Phi) is 5.18. The van der Waals surface area contributed by atoms with Crippen molar-refractivity contribution in [2.45, 2.75) is 31.9 Å². The molecule has 0 heterocycles. The fraction of sp³-hybridized carbons (Fsp3) is 0.500. The van der Waals surface area contributed by atoms with E-state index in [9.17, 15) is 4.79 Å². The number of nitrogens with two attached hydrogens (primary N) is 1. The number of carbonyl (C=O) groups excluding carboxylic acids is 1. The van der Waals surface area contributed by atoms with Crippen LogP contribution in [0.15, 0.2) is 24.3 Å². The van der Waals surface area contributed by atoms with Crippen molar-refractivity contribution >= 4 is 5.91 Å². The van der Waals surface area contributed by atoms with Gasteiger partial charge in [0.15, 0.2) is 11.5 Å².